The number of nitrogens with one attached hydrogen (secondary N) is 1. The third kappa shape index (κ3) is 2.89. The molecule has 1 aliphatic heterocycles. The Morgan fingerprint density at radius 1 is 1.24 bits per heavy atom. The summed E-state index contributed by atoms with van der Waals surface area (Å²) < 4.78 is 33.0. The minimum Gasteiger partial charge on any atom is -0.447 e. The smallest absolute Gasteiger partial charge is 0.276 e. The first-order chi connectivity index (χ1) is 10.1. The lowest BCUT2D eigenvalue weighted by Crippen LogP contribution is -2.49. The van der Waals surface area contributed by atoms with Crippen molar-refractivity contribution < 1.29 is 12.8 Å². The lowest BCUT2D eigenvalue weighted by atomic mass is 9.79. The fourth-order valence-corrected chi connectivity index (χ4v) is 5.45. The van der Waals surface area contributed by atoms with Crippen molar-refractivity contribution in [3.63, 3.8) is 0 Å². The molecule has 1 aliphatic carbocycles. The second kappa shape index (κ2) is 6.10. The van der Waals surface area contributed by atoms with Crippen molar-refractivity contribution in [3.05, 3.63) is 17.9 Å². The molecule has 118 valence electrons. The van der Waals surface area contributed by atoms with E-state index in [4.69, 9.17) is 4.42 Å². The second-order valence-electron chi connectivity index (χ2n) is 6.12. The SMILES string of the molecule is CNCc1ccc(S(=O)(=O)N2CCCC3CCCCC32)o1. The molecule has 2 atom stereocenters. The summed E-state index contributed by atoms with van der Waals surface area (Å²) >= 11 is 0. The van der Waals surface area contributed by atoms with Gasteiger partial charge in [0.25, 0.3) is 10.0 Å². The number of hydrogen-bond donors (Lipinski definition) is 1. The highest BCUT2D eigenvalue weighted by Gasteiger charge is 2.41. The Labute approximate surface area is 126 Å². The van der Waals surface area contributed by atoms with Gasteiger partial charge in [-0.25, -0.2) is 8.42 Å². The number of furan rings is 1. The predicted molar refractivity (Wildman–Crippen MR) is 80.3 cm³/mol. The molecule has 6 heteroatoms. The summed E-state index contributed by atoms with van der Waals surface area (Å²) in [5.74, 6) is 1.20. The first kappa shape index (κ1) is 15.1. The molecule has 3 rings (SSSR count). The van der Waals surface area contributed by atoms with Crippen LogP contribution in [0.4, 0.5) is 0 Å². The van der Waals surface area contributed by atoms with Crippen LogP contribution in [0.1, 0.15) is 44.3 Å². The van der Waals surface area contributed by atoms with Gasteiger partial charge in [0.2, 0.25) is 5.09 Å². The molecule has 21 heavy (non-hydrogen) atoms. The van der Waals surface area contributed by atoms with Gasteiger partial charge in [0.1, 0.15) is 5.76 Å². The first-order valence-electron chi connectivity index (χ1n) is 7.88. The molecule has 1 saturated heterocycles. The zero-order chi connectivity index (χ0) is 14.9. The van der Waals surface area contributed by atoms with Gasteiger partial charge in [0.05, 0.1) is 6.54 Å². The van der Waals surface area contributed by atoms with Crippen LogP contribution in [0.15, 0.2) is 21.6 Å². The van der Waals surface area contributed by atoms with E-state index >= 15 is 0 Å². The number of hydrogen-bond acceptors (Lipinski definition) is 4. The molecular weight excluding hydrogens is 288 g/mol. The van der Waals surface area contributed by atoms with E-state index < -0.39 is 10.0 Å². The van der Waals surface area contributed by atoms with Crippen LogP contribution in [0, 0.1) is 5.92 Å². The maximum Gasteiger partial charge on any atom is 0.276 e. The molecule has 2 unspecified atom stereocenters. The summed E-state index contributed by atoms with van der Waals surface area (Å²) in [6.07, 6.45) is 6.66. The van der Waals surface area contributed by atoms with Crippen molar-refractivity contribution in [2.24, 2.45) is 5.92 Å². The molecular formula is C15H24N2O3S. The van der Waals surface area contributed by atoms with E-state index in [-0.39, 0.29) is 11.1 Å². The zero-order valence-corrected chi connectivity index (χ0v) is 13.4. The minimum absolute atomic E-state index is 0.0963. The topological polar surface area (TPSA) is 62.6 Å². The molecule has 0 aromatic carbocycles. The minimum atomic E-state index is -3.49. The summed E-state index contributed by atoms with van der Waals surface area (Å²) in [5, 5.41) is 3.07. The Morgan fingerprint density at radius 3 is 2.81 bits per heavy atom. The largest absolute Gasteiger partial charge is 0.447 e. The maximum absolute atomic E-state index is 12.9. The van der Waals surface area contributed by atoms with Gasteiger partial charge in [-0.2, -0.15) is 4.31 Å². The summed E-state index contributed by atoms with van der Waals surface area (Å²) in [6, 6.07) is 3.51. The average molecular weight is 312 g/mol. The van der Waals surface area contributed by atoms with E-state index in [2.05, 4.69) is 5.32 Å². The van der Waals surface area contributed by atoms with Crippen LogP contribution >= 0.6 is 0 Å². The van der Waals surface area contributed by atoms with Crippen molar-refractivity contribution in [1.82, 2.24) is 9.62 Å². The van der Waals surface area contributed by atoms with Crippen LogP contribution in [-0.2, 0) is 16.6 Å². The quantitative estimate of drug-likeness (QED) is 0.927. The Bertz CT molecular complexity index is 579. The third-order valence-corrected chi connectivity index (χ3v) is 6.54. The Hall–Kier alpha value is -0.850. The highest BCUT2D eigenvalue weighted by Crippen LogP contribution is 2.38. The molecule has 0 spiro atoms. The van der Waals surface area contributed by atoms with Crippen molar-refractivity contribution in [1.29, 1.82) is 0 Å². The van der Waals surface area contributed by atoms with Crippen LogP contribution in [0.3, 0.4) is 0 Å². The lowest BCUT2D eigenvalue weighted by molar-refractivity contribution is 0.127. The van der Waals surface area contributed by atoms with E-state index in [1.807, 2.05) is 7.05 Å². The first-order valence-corrected chi connectivity index (χ1v) is 9.32. The van der Waals surface area contributed by atoms with Crippen LogP contribution in [-0.4, -0.2) is 32.4 Å². The maximum atomic E-state index is 12.9. The summed E-state index contributed by atoms with van der Waals surface area (Å²) in [4.78, 5) is 0. The van der Waals surface area contributed by atoms with Crippen LogP contribution in [0.25, 0.3) is 0 Å². The summed E-state index contributed by atoms with van der Waals surface area (Å²) in [6.45, 7) is 1.17. The van der Waals surface area contributed by atoms with Gasteiger partial charge in [-0.15, -0.1) is 0 Å². The lowest BCUT2D eigenvalue weighted by Gasteiger charge is -2.42. The molecule has 0 amide bonds. The highest BCUT2D eigenvalue weighted by molar-refractivity contribution is 7.89. The molecule has 2 aliphatic rings. The van der Waals surface area contributed by atoms with Crippen molar-refractivity contribution >= 4 is 10.0 Å². The van der Waals surface area contributed by atoms with Gasteiger partial charge in [0, 0.05) is 12.6 Å². The van der Waals surface area contributed by atoms with E-state index in [1.165, 1.54) is 19.3 Å². The third-order valence-electron chi connectivity index (χ3n) is 4.74. The van der Waals surface area contributed by atoms with Gasteiger partial charge in [-0.05, 0) is 50.8 Å². The van der Waals surface area contributed by atoms with Gasteiger partial charge in [-0.1, -0.05) is 12.8 Å². The molecule has 2 heterocycles. The summed E-state index contributed by atoms with van der Waals surface area (Å²) in [5.41, 5.74) is 0. The van der Waals surface area contributed by atoms with Crippen LogP contribution in [0.5, 0.6) is 0 Å². The monoisotopic (exact) mass is 312 g/mol. The van der Waals surface area contributed by atoms with Gasteiger partial charge in [0.15, 0.2) is 0 Å². The van der Waals surface area contributed by atoms with Crippen molar-refractivity contribution in [2.75, 3.05) is 13.6 Å². The molecule has 0 radical (unpaired) electrons. The number of rotatable bonds is 4. The average Bonchev–Trinajstić information content (AvgIpc) is 2.96. The number of sulfonamides is 1. The molecule has 1 N–H and O–H groups in total. The molecule has 2 fully saturated rings. The highest BCUT2D eigenvalue weighted by atomic mass is 32.2. The van der Waals surface area contributed by atoms with Crippen molar-refractivity contribution in [2.45, 2.75) is 56.2 Å². The number of piperidine rings is 1. The van der Waals surface area contributed by atoms with Crippen LogP contribution < -0.4 is 5.32 Å². The summed E-state index contributed by atoms with van der Waals surface area (Å²) in [7, 11) is -1.68. The Balaban J connectivity index is 1.85. The fraction of sp³-hybridized carbons (Fsp3) is 0.733. The van der Waals surface area contributed by atoms with Crippen molar-refractivity contribution in [3.8, 4) is 0 Å². The molecule has 1 aromatic rings. The van der Waals surface area contributed by atoms with Gasteiger partial charge >= 0.3 is 0 Å². The van der Waals surface area contributed by atoms with E-state index in [9.17, 15) is 8.42 Å². The predicted octanol–water partition coefficient (Wildman–Crippen LogP) is 2.34. The normalized spacial score (nSPS) is 27.5. The second-order valence-corrected chi connectivity index (χ2v) is 7.94. The Kier molecular flexibility index (Phi) is 4.38. The number of nitrogens with zero attached hydrogens (tertiary/aromatic N) is 1. The zero-order valence-electron chi connectivity index (χ0n) is 12.5. The van der Waals surface area contributed by atoms with E-state index in [1.54, 1.807) is 16.4 Å². The van der Waals surface area contributed by atoms with E-state index in [0.29, 0.717) is 24.8 Å². The van der Waals surface area contributed by atoms with Gasteiger partial charge in [-0.3, -0.25) is 0 Å². The van der Waals surface area contributed by atoms with E-state index in [0.717, 1.165) is 19.3 Å². The fourth-order valence-electron chi connectivity index (χ4n) is 3.76. The standard InChI is InChI=1S/C15H24N2O3S/c1-16-11-13-8-9-15(20-13)21(18,19)17-10-4-6-12-5-2-3-7-14(12)17/h8-9,12,14,16H,2-7,10-11H2,1H3. The molecule has 0 bridgehead atoms. The molecule has 5 nitrogen and oxygen atoms in total. The number of fused-ring (bicyclic) bond motifs is 1. The van der Waals surface area contributed by atoms with Gasteiger partial charge < -0.3 is 9.73 Å². The Morgan fingerprint density at radius 2 is 2.00 bits per heavy atom. The molecule has 1 aromatic heterocycles. The molecule has 1 saturated carbocycles. The van der Waals surface area contributed by atoms with Crippen LogP contribution in [0.2, 0.25) is 0 Å².